The summed E-state index contributed by atoms with van der Waals surface area (Å²) >= 11 is 17.8. The first-order valence-corrected chi connectivity index (χ1v) is 8.33. The molecule has 2 atom stereocenters. The van der Waals surface area contributed by atoms with Crippen LogP contribution in [0.2, 0.25) is 15.1 Å². The average Bonchev–Trinajstić information content (AvgIpc) is 2.56. The molecule has 0 aliphatic carbocycles. The Hall–Kier alpha value is -1.30. The van der Waals surface area contributed by atoms with E-state index in [4.69, 9.17) is 40.5 Å². The van der Waals surface area contributed by atoms with Gasteiger partial charge in [0.25, 0.3) is 0 Å². The van der Waals surface area contributed by atoms with Gasteiger partial charge < -0.3 is 15.7 Å². The lowest BCUT2D eigenvalue weighted by Crippen LogP contribution is -2.47. The Bertz CT molecular complexity index is 722. The van der Waals surface area contributed by atoms with Gasteiger partial charge in [0.2, 0.25) is 0 Å². The molecule has 0 aliphatic heterocycles. The fourth-order valence-electron chi connectivity index (χ4n) is 2.24. The van der Waals surface area contributed by atoms with Crippen molar-refractivity contribution >= 4 is 46.3 Å². The monoisotopic (exact) mass is 386 g/mol. The third-order valence-corrected chi connectivity index (χ3v) is 4.73. The number of halogens is 3. The molecule has 2 aromatic rings. The number of benzene rings is 2. The van der Waals surface area contributed by atoms with Gasteiger partial charge in [-0.2, -0.15) is 0 Å². The fourth-order valence-corrected chi connectivity index (χ4v) is 2.76. The van der Waals surface area contributed by atoms with Crippen molar-refractivity contribution in [2.24, 2.45) is 5.73 Å². The summed E-state index contributed by atoms with van der Waals surface area (Å²) in [4.78, 5) is 14.2. The van der Waals surface area contributed by atoms with Crippen molar-refractivity contribution in [2.75, 3.05) is 18.5 Å². The minimum absolute atomic E-state index is 0.137. The molecule has 2 rings (SSSR count). The van der Waals surface area contributed by atoms with Gasteiger partial charge >= 0.3 is 0 Å². The fraction of sp³-hybridized carbons (Fsp3) is 0.235. The zero-order valence-corrected chi connectivity index (χ0v) is 15.2. The van der Waals surface area contributed by atoms with E-state index in [0.717, 1.165) is 5.69 Å². The highest BCUT2D eigenvalue weighted by atomic mass is 35.5. The van der Waals surface area contributed by atoms with E-state index < -0.39 is 17.9 Å². The van der Waals surface area contributed by atoms with Crippen molar-refractivity contribution in [2.45, 2.75) is 12.1 Å². The van der Waals surface area contributed by atoms with Gasteiger partial charge in [0.15, 0.2) is 5.78 Å². The Balaban J connectivity index is 2.08. The number of nitrogens with zero attached hydrogens (tertiary/aromatic N) is 1. The lowest BCUT2D eigenvalue weighted by atomic mass is 10.00. The normalized spacial score (nSPS) is 13.4. The van der Waals surface area contributed by atoms with Crippen molar-refractivity contribution < 1.29 is 9.90 Å². The minimum atomic E-state index is -1.12. The minimum Gasteiger partial charge on any atom is -0.389 e. The van der Waals surface area contributed by atoms with Crippen LogP contribution in [-0.4, -0.2) is 36.6 Å². The van der Waals surface area contributed by atoms with Crippen molar-refractivity contribution in [1.82, 2.24) is 0 Å². The van der Waals surface area contributed by atoms with Crippen molar-refractivity contribution in [3.63, 3.8) is 0 Å². The van der Waals surface area contributed by atoms with Crippen LogP contribution in [0.15, 0.2) is 42.5 Å². The molecular formula is C17H17Cl3N2O2. The summed E-state index contributed by atoms with van der Waals surface area (Å²) in [6.07, 6.45) is -1.08. The third-order valence-electron chi connectivity index (χ3n) is 3.66. The number of ketones is 1. The zero-order chi connectivity index (χ0) is 17.9. The first kappa shape index (κ1) is 19.0. The lowest BCUT2D eigenvalue weighted by molar-refractivity contribution is 0.0830. The number of Topliss-reactive ketones (excluding diaryl/α,β-unsaturated/α-hetero) is 1. The number of hydrogen-bond acceptors (Lipinski definition) is 4. The molecule has 3 N–H and O–H groups in total. The van der Waals surface area contributed by atoms with Crippen LogP contribution in [0.25, 0.3) is 0 Å². The van der Waals surface area contributed by atoms with Crippen LogP contribution in [-0.2, 0) is 0 Å². The summed E-state index contributed by atoms with van der Waals surface area (Å²) in [7, 11) is 1.79. The molecule has 2 unspecified atom stereocenters. The maximum atomic E-state index is 12.5. The van der Waals surface area contributed by atoms with Gasteiger partial charge in [-0.3, -0.25) is 4.79 Å². The Morgan fingerprint density at radius 1 is 1.17 bits per heavy atom. The summed E-state index contributed by atoms with van der Waals surface area (Å²) in [5.41, 5.74) is 6.96. The van der Waals surface area contributed by atoms with Gasteiger partial charge in [0.05, 0.1) is 22.2 Å². The number of aliphatic hydroxyl groups is 1. The third kappa shape index (κ3) is 4.41. The van der Waals surface area contributed by atoms with Gasteiger partial charge in [0.1, 0.15) is 0 Å². The molecule has 0 saturated carbocycles. The number of anilines is 1. The first-order chi connectivity index (χ1) is 11.3. The molecule has 0 bridgehead atoms. The van der Waals surface area contributed by atoms with E-state index in [2.05, 4.69) is 0 Å². The van der Waals surface area contributed by atoms with E-state index in [0.29, 0.717) is 5.02 Å². The molecule has 0 fully saturated rings. The number of aliphatic hydroxyl groups excluding tert-OH is 1. The standard InChI is InChI=1S/C17H17Cl3N2O2/c1-22(11-7-5-10(18)6-8-11)9-14(23)16(21)17(24)12-3-2-4-13(19)15(12)20/h2-8,14,16,23H,9,21H2,1H3. The molecule has 0 radical (unpaired) electrons. The predicted molar refractivity (Wildman–Crippen MR) is 99.5 cm³/mol. The highest BCUT2D eigenvalue weighted by molar-refractivity contribution is 6.44. The van der Waals surface area contributed by atoms with Crippen molar-refractivity contribution in [3.8, 4) is 0 Å². The molecule has 4 nitrogen and oxygen atoms in total. The van der Waals surface area contributed by atoms with E-state index in [1.165, 1.54) is 6.07 Å². The smallest absolute Gasteiger partial charge is 0.183 e. The Morgan fingerprint density at radius 3 is 2.42 bits per heavy atom. The molecule has 24 heavy (non-hydrogen) atoms. The molecule has 128 valence electrons. The van der Waals surface area contributed by atoms with Gasteiger partial charge in [-0.25, -0.2) is 0 Å². The molecule has 0 aromatic heterocycles. The number of hydrogen-bond donors (Lipinski definition) is 2. The van der Waals surface area contributed by atoms with E-state index >= 15 is 0 Å². The van der Waals surface area contributed by atoms with Crippen LogP contribution in [0, 0.1) is 0 Å². The van der Waals surface area contributed by atoms with Gasteiger partial charge in [-0.1, -0.05) is 40.9 Å². The number of carbonyl (C=O) groups is 1. The Labute approximate surface area is 155 Å². The van der Waals surface area contributed by atoms with Crippen LogP contribution in [0.1, 0.15) is 10.4 Å². The summed E-state index contributed by atoms with van der Waals surface area (Å²) in [5.74, 6) is -0.459. The van der Waals surface area contributed by atoms with Crippen molar-refractivity contribution in [3.05, 3.63) is 63.1 Å². The largest absolute Gasteiger partial charge is 0.389 e. The second-order valence-electron chi connectivity index (χ2n) is 5.42. The van der Waals surface area contributed by atoms with Crippen LogP contribution >= 0.6 is 34.8 Å². The van der Waals surface area contributed by atoms with Gasteiger partial charge in [-0.15, -0.1) is 0 Å². The Morgan fingerprint density at radius 2 is 1.79 bits per heavy atom. The SMILES string of the molecule is CN(CC(O)C(N)C(=O)c1cccc(Cl)c1Cl)c1ccc(Cl)cc1. The molecule has 7 heteroatoms. The number of rotatable bonds is 6. The number of likely N-dealkylation sites (N-methyl/N-ethyl adjacent to an activating group) is 1. The average molecular weight is 388 g/mol. The van der Waals surface area contributed by atoms with E-state index in [1.807, 2.05) is 12.1 Å². The number of nitrogens with two attached hydrogens (primary N) is 1. The molecule has 0 heterocycles. The maximum Gasteiger partial charge on any atom is 0.183 e. The topological polar surface area (TPSA) is 66.6 Å². The molecule has 0 saturated heterocycles. The second-order valence-corrected chi connectivity index (χ2v) is 6.64. The van der Waals surface area contributed by atoms with E-state index in [-0.39, 0.29) is 22.2 Å². The van der Waals surface area contributed by atoms with Gasteiger partial charge in [0, 0.05) is 29.9 Å². The van der Waals surface area contributed by atoms with Gasteiger partial charge in [-0.05, 0) is 36.4 Å². The van der Waals surface area contributed by atoms with E-state index in [9.17, 15) is 9.90 Å². The summed E-state index contributed by atoms with van der Waals surface area (Å²) in [6.45, 7) is 0.173. The summed E-state index contributed by atoms with van der Waals surface area (Å²) in [6, 6.07) is 10.7. The van der Waals surface area contributed by atoms with Crippen LogP contribution in [0.5, 0.6) is 0 Å². The highest BCUT2D eigenvalue weighted by Gasteiger charge is 2.27. The van der Waals surface area contributed by atoms with Crippen LogP contribution in [0.3, 0.4) is 0 Å². The number of carbonyl (C=O) groups excluding carboxylic acids is 1. The molecular weight excluding hydrogens is 371 g/mol. The second kappa shape index (κ2) is 8.19. The predicted octanol–water partition coefficient (Wildman–Crippen LogP) is 3.65. The summed E-state index contributed by atoms with van der Waals surface area (Å²) in [5, 5.41) is 11.3. The maximum absolute atomic E-state index is 12.5. The molecule has 0 amide bonds. The van der Waals surface area contributed by atoms with E-state index in [1.54, 1.807) is 36.2 Å². The summed E-state index contributed by atoms with van der Waals surface area (Å²) < 4.78 is 0. The first-order valence-electron chi connectivity index (χ1n) is 7.20. The zero-order valence-electron chi connectivity index (χ0n) is 12.9. The quantitative estimate of drug-likeness (QED) is 0.742. The molecule has 0 aliphatic rings. The molecule has 0 spiro atoms. The van der Waals surface area contributed by atoms with Crippen LogP contribution < -0.4 is 10.6 Å². The van der Waals surface area contributed by atoms with Crippen LogP contribution in [0.4, 0.5) is 5.69 Å². The molecule has 2 aromatic carbocycles. The highest BCUT2D eigenvalue weighted by Crippen LogP contribution is 2.26. The lowest BCUT2D eigenvalue weighted by Gasteiger charge is -2.26. The Kier molecular flexibility index (Phi) is 6.49. The van der Waals surface area contributed by atoms with Crippen molar-refractivity contribution in [1.29, 1.82) is 0 Å².